The Labute approximate surface area is 196 Å². The van der Waals surface area contributed by atoms with E-state index in [9.17, 15) is 9.18 Å². The van der Waals surface area contributed by atoms with Gasteiger partial charge in [0.2, 0.25) is 0 Å². The van der Waals surface area contributed by atoms with Gasteiger partial charge >= 0.3 is 6.03 Å². The van der Waals surface area contributed by atoms with Crippen LogP contribution in [0.3, 0.4) is 0 Å². The summed E-state index contributed by atoms with van der Waals surface area (Å²) >= 11 is 5.88. The van der Waals surface area contributed by atoms with Crippen molar-refractivity contribution in [2.45, 2.75) is 6.50 Å². The van der Waals surface area contributed by atoms with Gasteiger partial charge < -0.3 is 20.2 Å². The Bertz CT molecular complexity index is 1520. The molecule has 9 heteroatoms. The van der Waals surface area contributed by atoms with E-state index in [1.54, 1.807) is 55.0 Å². The number of urea groups is 1. The molecule has 162 valence electrons. The molecule has 0 saturated heterocycles. The lowest BCUT2D eigenvalue weighted by Gasteiger charge is -2.11. The number of hydrogen-bond acceptors (Lipinski definition) is 2. The Morgan fingerprint density at radius 2 is 1.97 bits per heavy atom. The minimum absolute atomic E-state index is 0. The number of fused-ring (bicyclic) bond motifs is 2. The van der Waals surface area contributed by atoms with Crippen molar-refractivity contribution in [2.24, 2.45) is 0 Å². The average Bonchev–Trinajstić information content (AvgIpc) is 3.44. The van der Waals surface area contributed by atoms with Crippen molar-refractivity contribution in [3.8, 4) is 0 Å². The van der Waals surface area contributed by atoms with Gasteiger partial charge in [-0.2, -0.15) is 0 Å². The van der Waals surface area contributed by atoms with Crippen LogP contribution in [0.1, 0.15) is 8.30 Å². The predicted octanol–water partition coefficient (Wildman–Crippen LogP) is 6.42. The Balaban J connectivity index is 0.00000274. The Hall–Kier alpha value is -3.55. The first kappa shape index (κ1) is 19.2. The van der Waals surface area contributed by atoms with Gasteiger partial charge in [0.25, 0.3) is 0 Å². The maximum Gasteiger partial charge on any atom is 0.323 e. The lowest BCUT2D eigenvalue weighted by molar-refractivity contribution is 0.262. The van der Waals surface area contributed by atoms with Crippen molar-refractivity contribution >= 4 is 63.4 Å². The normalized spacial score (nSPS) is 12.2. The van der Waals surface area contributed by atoms with Crippen molar-refractivity contribution < 1.29 is 11.9 Å². The number of pyridine rings is 1. The molecule has 5 aromatic rings. The lowest BCUT2D eigenvalue weighted by atomic mass is 10.2. The number of hydrogen-bond donors (Lipinski definition) is 3. The van der Waals surface area contributed by atoms with Crippen molar-refractivity contribution in [1.29, 1.82) is 0 Å². The maximum atomic E-state index is 14.0. The summed E-state index contributed by atoms with van der Waals surface area (Å²) in [6.45, 7) is -1.89. The van der Waals surface area contributed by atoms with Crippen LogP contribution in [0.4, 0.5) is 20.6 Å². The van der Waals surface area contributed by atoms with Crippen LogP contribution in [0, 0.1) is 5.82 Å². The van der Waals surface area contributed by atoms with Crippen molar-refractivity contribution in [3.05, 3.63) is 89.6 Å². The summed E-state index contributed by atoms with van der Waals surface area (Å²) < 4.78 is 33.2. The summed E-state index contributed by atoms with van der Waals surface area (Å²) in [5, 5.41) is 6.74. The molecule has 0 bridgehead atoms. The topological polar surface area (TPSA) is 74.7 Å². The zero-order valence-electron chi connectivity index (χ0n) is 18.4. The van der Waals surface area contributed by atoms with Crippen molar-refractivity contribution in [1.82, 2.24) is 14.5 Å². The van der Waals surface area contributed by atoms with E-state index in [4.69, 9.17) is 14.3 Å². The third kappa shape index (κ3) is 4.12. The van der Waals surface area contributed by atoms with Crippen LogP contribution in [0.15, 0.2) is 73.2 Å². The molecule has 2 aromatic carbocycles. The number of aromatic amines is 1. The van der Waals surface area contributed by atoms with E-state index in [1.165, 1.54) is 22.8 Å². The fourth-order valence-corrected chi connectivity index (χ4v) is 3.60. The number of rotatable bonds is 4. The molecule has 3 heterocycles. The van der Waals surface area contributed by atoms with Gasteiger partial charge in [0.05, 0.1) is 19.6 Å². The molecule has 0 aliphatic carbocycles. The molecular weight excluding hydrogens is 452 g/mol. The number of anilines is 2. The first-order valence-corrected chi connectivity index (χ1v) is 9.78. The zero-order chi connectivity index (χ0) is 23.2. The number of H-pyrrole nitrogens is 1. The van der Waals surface area contributed by atoms with Gasteiger partial charge in [-0.25, -0.2) is 14.2 Å². The Morgan fingerprint density at radius 1 is 1.12 bits per heavy atom. The van der Waals surface area contributed by atoms with E-state index < -0.39 is 18.3 Å². The van der Waals surface area contributed by atoms with Crippen molar-refractivity contribution in [3.63, 3.8) is 0 Å². The number of nitrogens with one attached hydrogen (secondary N) is 3. The smallest absolute Gasteiger partial charge is 0.323 e. The second kappa shape index (κ2) is 8.90. The van der Waals surface area contributed by atoms with Crippen LogP contribution in [-0.2, 0) is 6.50 Å². The highest BCUT2D eigenvalue weighted by molar-refractivity contribution is 6.31. The summed E-state index contributed by atoms with van der Waals surface area (Å²) in [4.78, 5) is 19.7. The highest BCUT2D eigenvalue weighted by Gasteiger charge is 2.12. The highest BCUT2D eigenvalue weighted by atomic mass is 35.5. The highest BCUT2D eigenvalue weighted by Crippen LogP contribution is 2.27. The molecule has 0 spiro atoms. The molecule has 3 aromatic heterocycles. The Morgan fingerprint density at radius 3 is 2.84 bits per heavy atom. The molecule has 3 N–H and O–H groups in total. The lowest BCUT2D eigenvalue weighted by Crippen LogP contribution is -2.20. The number of nitrogens with zero attached hydrogens (tertiary/aromatic N) is 2. The largest absolute Gasteiger partial charge is 0.346 e. The molecule has 0 unspecified atom stereocenters. The molecule has 0 aliphatic rings. The molecule has 6 nitrogen and oxygen atoms in total. The zero-order valence-corrected chi connectivity index (χ0v) is 18.0. The summed E-state index contributed by atoms with van der Waals surface area (Å²) in [5.41, 5.74) is 2.03. The number of carbonyl (C=O) groups excluding carboxylic acids is 1. The number of amides is 2. The van der Waals surface area contributed by atoms with Gasteiger partial charge in [-0.05, 0) is 54.1 Å². The molecule has 0 aliphatic heterocycles. The third-order valence-electron chi connectivity index (χ3n) is 4.86. The molecule has 0 fully saturated rings. The number of aromatic nitrogens is 3. The number of benzene rings is 2. The van der Waals surface area contributed by atoms with Crippen LogP contribution >= 0.6 is 24.0 Å². The molecule has 0 radical (unpaired) electrons. The summed E-state index contributed by atoms with van der Waals surface area (Å²) in [6.07, 6.45) is 4.90. The van der Waals surface area contributed by atoms with Gasteiger partial charge in [-0.15, -0.1) is 12.4 Å². The first-order chi connectivity index (χ1) is 15.8. The second-order valence-electron chi connectivity index (χ2n) is 6.84. The fourth-order valence-electron chi connectivity index (χ4n) is 3.43. The molecule has 0 saturated carbocycles. The van der Waals surface area contributed by atoms with Gasteiger partial charge in [0.1, 0.15) is 11.5 Å². The molecule has 32 heavy (non-hydrogen) atoms. The average molecular weight is 472 g/mol. The van der Waals surface area contributed by atoms with Crippen molar-refractivity contribution in [2.75, 3.05) is 10.6 Å². The molecule has 2 amide bonds. The molecular formula is C23H18Cl2FN5O. The Kier molecular flexibility index (Phi) is 5.33. The predicted molar refractivity (Wildman–Crippen MR) is 128 cm³/mol. The maximum absolute atomic E-state index is 14.0. The summed E-state index contributed by atoms with van der Waals surface area (Å²) in [6, 6.07) is 13.5. The van der Waals surface area contributed by atoms with Crippen LogP contribution in [0.2, 0.25) is 5.02 Å². The molecule has 5 rings (SSSR count). The van der Waals surface area contributed by atoms with Gasteiger partial charge in [-0.3, -0.25) is 0 Å². The van der Waals surface area contributed by atoms with Gasteiger partial charge in [0, 0.05) is 40.9 Å². The quantitative estimate of drug-likeness (QED) is 0.282. The second-order valence-corrected chi connectivity index (χ2v) is 7.27. The van der Waals surface area contributed by atoms with E-state index in [1.807, 2.05) is 0 Å². The summed E-state index contributed by atoms with van der Waals surface area (Å²) in [5.74, 6) is -0.611. The number of halogens is 3. The van der Waals surface area contributed by atoms with E-state index in [2.05, 4.69) is 20.6 Å². The van der Waals surface area contributed by atoms with E-state index >= 15 is 0 Å². The molecule has 0 atom stereocenters. The first-order valence-electron chi connectivity index (χ1n) is 10.4. The van der Waals surface area contributed by atoms with E-state index in [0.29, 0.717) is 38.2 Å². The minimum atomic E-state index is -1.89. The van der Waals surface area contributed by atoms with Gasteiger partial charge in [0.15, 0.2) is 0 Å². The minimum Gasteiger partial charge on any atom is -0.346 e. The van der Waals surface area contributed by atoms with Gasteiger partial charge in [-0.1, -0.05) is 17.7 Å². The SMILES string of the molecule is Cl.[2H]C([2H])(c1ccnc2[nH]ccc12)n1ccc2c(NC(=O)Nc3cc(Cl)ccc3F)cccc21. The monoisotopic (exact) mass is 471 g/mol. The van der Waals surface area contributed by atoms with Crippen LogP contribution in [0.5, 0.6) is 0 Å². The number of carbonyl (C=O) groups is 1. The summed E-state index contributed by atoms with van der Waals surface area (Å²) in [7, 11) is 0. The van der Waals surface area contributed by atoms with Crippen LogP contribution < -0.4 is 10.6 Å². The standard InChI is InChI=1S/C23H17ClFN5O.ClH/c24-15-4-5-18(25)20(12-15)29-23(31)28-19-2-1-3-21-17(19)8-11-30(21)13-14-6-9-26-22-16(14)7-10-27-22;/h1-12H,13H2,(H,26,27)(H2,28,29,31);1H/i13D2;. The fraction of sp³-hybridized carbons (Fsp3) is 0.0435. The third-order valence-corrected chi connectivity index (χ3v) is 5.09. The van der Waals surface area contributed by atoms with E-state index in [-0.39, 0.29) is 18.1 Å². The van der Waals surface area contributed by atoms with E-state index in [0.717, 1.165) is 0 Å². The van der Waals surface area contributed by atoms with Crippen LogP contribution in [-0.4, -0.2) is 20.6 Å². The van der Waals surface area contributed by atoms with Crippen LogP contribution in [0.25, 0.3) is 21.9 Å².